The van der Waals surface area contributed by atoms with E-state index in [0.29, 0.717) is 6.42 Å². The third-order valence-corrected chi connectivity index (χ3v) is 8.04. The Kier molecular flexibility index (Phi) is 5.58. The molecule has 0 aliphatic heterocycles. The highest BCUT2D eigenvalue weighted by Crippen LogP contribution is 2.45. The lowest BCUT2D eigenvalue weighted by Gasteiger charge is -2.18. The molecule has 4 rings (SSSR count). The van der Waals surface area contributed by atoms with Crippen LogP contribution in [0.15, 0.2) is 51.1 Å². The van der Waals surface area contributed by atoms with Crippen LogP contribution in [0.2, 0.25) is 0 Å². The summed E-state index contributed by atoms with van der Waals surface area (Å²) in [6, 6.07) is 6.82. The van der Waals surface area contributed by atoms with Crippen molar-refractivity contribution in [2.45, 2.75) is 34.5 Å². The molecule has 4 aromatic carbocycles. The largest absolute Gasteiger partial charge is 0.424 e. The van der Waals surface area contributed by atoms with Crippen LogP contribution >= 0.6 is 0 Å². The van der Waals surface area contributed by atoms with Gasteiger partial charge < -0.3 is 4.74 Å². The summed E-state index contributed by atoms with van der Waals surface area (Å²) in [5.74, 6) is -1.27. The molecule has 14 heteroatoms. The van der Waals surface area contributed by atoms with E-state index in [-0.39, 0.29) is 38.7 Å². The number of ether oxygens (including phenoxy) is 1. The molecule has 3 N–H and O–H groups in total. The SMILES string of the molecule is CCCC(=O)Oc1c(S(=O)(=O)O)cc2ccc3cc(S(=O)(=O)O)c(S(=O)(=O)O)c4ccc1c2c34. The van der Waals surface area contributed by atoms with E-state index in [4.69, 9.17) is 4.74 Å². The van der Waals surface area contributed by atoms with Crippen LogP contribution in [0.25, 0.3) is 32.3 Å². The van der Waals surface area contributed by atoms with Crippen molar-refractivity contribution >= 4 is 68.6 Å². The lowest BCUT2D eigenvalue weighted by Crippen LogP contribution is -2.12. The molecule has 0 saturated carbocycles. The first-order chi connectivity index (χ1) is 15.6. The first-order valence-electron chi connectivity index (χ1n) is 9.56. The zero-order chi connectivity index (χ0) is 25.2. The van der Waals surface area contributed by atoms with Gasteiger partial charge in [-0.15, -0.1) is 0 Å². The van der Waals surface area contributed by atoms with E-state index in [0.717, 1.165) is 24.3 Å². The van der Waals surface area contributed by atoms with Gasteiger partial charge in [-0.3, -0.25) is 18.5 Å². The van der Waals surface area contributed by atoms with E-state index in [1.54, 1.807) is 6.92 Å². The zero-order valence-electron chi connectivity index (χ0n) is 17.2. The van der Waals surface area contributed by atoms with Crippen LogP contribution in [0.3, 0.4) is 0 Å². The summed E-state index contributed by atoms with van der Waals surface area (Å²) < 4.78 is 106. The van der Waals surface area contributed by atoms with Crippen molar-refractivity contribution in [2.75, 3.05) is 0 Å². The second-order valence-corrected chi connectivity index (χ2v) is 11.6. The number of carbonyl (C=O) groups is 1. The van der Waals surface area contributed by atoms with E-state index in [1.165, 1.54) is 12.1 Å². The summed E-state index contributed by atoms with van der Waals surface area (Å²) in [7, 11) is -15.1. The van der Waals surface area contributed by atoms with Crippen molar-refractivity contribution in [1.29, 1.82) is 0 Å². The third kappa shape index (κ3) is 3.97. The first kappa shape index (κ1) is 24.3. The van der Waals surface area contributed by atoms with E-state index >= 15 is 0 Å². The molecule has 0 radical (unpaired) electrons. The van der Waals surface area contributed by atoms with E-state index < -0.39 is 56.8 Å². The van der Waals surface area contributed by atoms with Crippen molar-refractivity contribution in [3.8, 4) is 5.75 Å². The highest BCUT2D eigenvalue weighted by atomic mass is 32.2. The van der Waals surface area contributed by atoms with Crippen molar-refractivity contribution in [1.82, 2.24) is 0 Å². The minimum Gasteiger partial charge on any atom is -0.424 e. The molecule has 0 heterocycles. The summed E-state index contributed by atoms with van der Waals surface area (Å²) in [4.78, 5) is 9.37. The number of carbonyl (C=O) groups excluding carboxylic acids is 1. The fraction of sp³-hybridized carbons (Fsp3) is 0.150. The monoisotopic (exact) mass is 528 g/mol. The Morgan fingerprint density at radius 3 is 1.76 bits per heavy atom. The molecule has 34 heavy (non-hydrogen) atoms. The summed E-state index contributed by atoms with van der Waals surface area (Å²) in [6.45, 7) is 1.69. The standard InChI is InChI=1S/C20H16O11S3/c1-2-3-16(21)31-19-12-6-7-13-18-11(9-15(33(25,26)27)20(13)34(28,29)30)5-4-10(17(12)18)8-14(19)32(22,23)24/h4-9H,2-3H2,1H3,(H,22,23,24)(H,25,26,27)(H,28,29,30). The van der Waals surface area contributed by atoms with Crippen LogP contribution in [0.1, 0.15) is 19.8 Å². The minimum absolute atomic E-state index is 0.00794. The second-order valence-electron chi connectivity index (χ2n) is 7.48. The maximum absolute atomic E-state index is 12.2. The van der Waals surface area contributed by atoms with Gasteiger partial charge in [-0.25, -0.2) is 0 Å². The van der Waals surface area contributed by atoms with Crippen LogP contribution in [0.4, 0.5) is 0 Å². The van der Waals surface area contributed by atoms with Gasteiger partial charge in [0.2, 0.25) is 0 Å². The molecule has 0 amide bonds. The van der Waals surface area contributed by atoms with Crippen LogP contribution in [-0.4, -0.2) is 44.9 Å². The Hall–Kier alpha value is -2.88. The van der Waals surface area contributed by atoms with Crippen molar-refractivity contribution < 1.29 is 48.4 Å². The number of esters is 1. The van der Waals surface area contributed by atoms with Crippen molar-refractivity contribution in [2.24, 2.45) is 0 Å². The Morgan fingerprint density at radius 1 is 0.765 bits per heavy atom. The summed E-state index contributed by atoms with van der Waals surface area (Å²) in [5, 5.41) is 0.290. The molecular formula is C20H16O11S3. The van der Waals surface area contributed by atoms with E-state index in [1.807, 2.05) is 0 Å². The predicted molar refractivity (Wildman–Crippen MR) is 120 cm³/mol. The van der Waals surface area contributed by atoms with E-state index in [9.17, 15) is 43.7 Å². The molecule has 0 aliphatic rings. The normalized spacial score (nSPS) is 13.2. The average molecular weight is 529 g/mol. The third-order valence-electron chi connectivity index (χ3n) is 5.22. The number of benzene rings is 4. The Morgan fingerprint density at radius 2 is 1.26 bits per heavy atom. The number of rotatable bonds is 6. The zero-order valence-corrected chi connectivity index (χ0v) is 19.7. The Balaban J connectivity index is 2.27. The van der Waals surface area contributed by atoms with Gasteiger partial charge in [-0.05, 0) is 40.8 Å². The summed E-state index contributed by atoms with van der Waals surface area (Å²) in [6.07, 6.45) is 0.333. The van der Waals surface area contributed by atoms with Crippen LogP contribution in [0.5, 0.6) is 5.75 Å². The highest BCUT2D eigenvalue weighted by molar-refractivity contribution is 7.89. The fourth-order valence-electron chi connectivity index (χ4n) is 3.97. The van der Waals surface area contributed by atoms with Crippen LogP contribution in [0, 0.1) is 0 Å². The van der Waals surface area contributed by atoms with Gasteiger partial charge >= 0.3 is 5.97 Å². The Labute approximate surface area is 193 Å². The van der Waals surface area contributed by atoms with Gasteiger partial charge in [0.25, 0.3) is 30.4 Å². The molecule has 0 bridgehead atoms. The quantitative estimate of drug-likeness (QED) is 0.144. The van der Waals surface area contributed by atoms with Gasteiger partial charge in [0.05, 0.1) is 0 Å². The van der Waals surface area contributed by atoms with Gasteiger partial charge in [0, 0.05) is 22.6 Å². The van der Waals surface area contributed by atoms with Gasteiger partial charge in [-0.2, -0.15) is 25.3 Å². The Bertz CT molecular complexity index is 1820. The molecule has 11 nitrogen and oxygen atoms in total. The first-order valence-corrected chi connectivity index (χ1v) is 13.9. The molecule has 0 aliphatic carbocycles. The van der Waals surface area contributed by atoms with Gasteiger partial charge in [-0.1, -0.05) is 25.1 Å². The van der Waals surface area contributed by atoms with Crippen LogP contribution < -0.4 is 4.74 Å². The molecular weight excluding hydrogens is 512 g/mol. The summed E-state index contributed by atoms with van der Waals surface area (Å²) >= 11 is 0. The molecule has 4 aromatic rings. The average Bonchev–Trinajstić information content (AvgIpc) is 2.69. The lowest BCUT2D eigenvalue weighted by molar-refractivity contribution is -0.134. The van der Waals surface area contributed by atoms with Gasteiger partial charge in [0.1, 0.15) is 14.7 Å². The van der Waals surface area contributed by atoms with E-state index in [2.05, 4.69) is 0 Å². The second kappa shape index (κ2) is 7.83. The molecule has 0 saturated heterocycles. The number of hydrogen-bond donors (Lipinski definition) is 3. The predicted octanol–water partition coefficient (Wildman–Crippen LogP) is 3.03. The molecule has 180 valence electrons. The topological polar surface area (TPSA) is 189 Å². The minimum atomic E-state index is -5.17. The molecule has 0 fully saturated rings. The summed E-state index contributed by atoms with van der Waals surface area (Å²) in [5.41, 5.74) is 0. The fourth-order valence-corrected chi connectivity index (χ4v) is 6.65. The van der Waals surface area contributed by atoms with Crippen LogP contribution in [-0.2, 0) is 35.1 Å². The lowest BCUT2D eigenvalue weighted by atomic mass is 9.94. The maximum atomic E-state index is 12.2. The number of hydrogen-bond acceptors (Lipinski definition) is 8. The molecule has 0 spiro atoms. The van der Waals surface area contributed by atoms with Crippen molar-refractivity contribution in [3.05, 3.63) is 36.4 Å². The molecule has 0 atom stereocenters. The highest BCUT2D eigenvalue weighted by Gasteiger charge is 2.30. The van der Waals surface area contributed by atoms with Crippen molar-refractivity contribution in [3.63, 3.8) is 0 Å². The smallest absolute Gasteiger partial charge is 0.311 e. The molecule has 0 unspecified atom stereocenters. The maximum Gasteiger partial charge on any atom is 0.311 e. The molecule has 0 aromatic heterocycles. The van der Waals surface area contributed by atoms with Gasteiger partial charge in [0.15, 0.2) is 5.75 Å².